The summed E-state index contributed by atoms with van der Waals surface area (Å²) in [6.45, 7) is 6.41. The van der Waals surface area contributed by atoms with Crippen molar-refractivity contribution in [2.45, 2.75) is 57.0 Å². The molecule has 9 nitrogen and oxygen atoms in total. The number of aromatic nitrogens is 4. The number of nitriles is 1. The number of nitrogens with one attached hydrogen (secondary N) is 3. The van der Waals surface area contributed by atoms with Gasteiger partial charge in [-0.05, 0) is 53.6 Å². The number of anilines is 2. The van der Waals surface area contributed by atoms with Gasteiger partial charge in [0.05, 0.1) is 22.9 Å². The van der Waals surface area contributed by atoms with E-state index in [0.717, 1.165) is 54.3 Å². The molecule has 0 bridgehead atoms. The highest BCUT2D eigenvalue weighted by Gasteiger charge is 2.49. The van der Waals surface area contributed by atoms with E-state index in [0.29, 0.717) is 30.3 Å². The molecule has 3 heterocycles. The fourth-order valence-corrected chi connectivity index (χ4v) is 6.42. The van der Waals surface area contributed by atoms with Crippen LogP contribution in [0.1, 0.15) is 71.8 Å². The summed E-state index contributed by atoms with van der Waals surface area (Å²) in [6.07, 6.45) is 3.87. The third-order valence-electron chi connectivity index (χ3n) is 8.64. The van der Waals surface area contributed by atoms with Gasteiger partial charge in [0, 0.05) is 44.2 Å². The molecule has 1 fully saturated rings. The molecule has 9 heteroatoms. The van der Waals surface area contributed by atoms with Gasteiger partial charge in [-0.3, -0.25) is 4.79 Å². The predicted molar refractivity (Wildman–Crippen MR) is 162 cm³/mol. The van der Waals surface area contributed by atoms with Crippen LogP contribution in [0.4, 0.5) is 11.4 Å². The summed E-state index contributed by atoms with van der Waals surface area (Å²) in [6, 6.07) is 22.4. The number of hydrogen-bond acceptors (Lipinski definition) is 7. The van der Waals surface area contributed by atoms with E-state index in [4.69, 9.17) is 4.98 Å². The van der Waals surface area contributed by atoms with Crippen LogP contribution >= 0.6 is 0 Å². The van der Waals surface area contributed by atoms with Gasteiger partial charge in [0.15, 0.2) is 0 Å². The van der Waals surface area contributed by atoms with Crippen LogP contribution in [0.2, 0.25) is 0 Å². The van der Waals surface area contributed by atoms with Crippen LogP contribution in [0.25, 0.3) is 0 Å². The standard InChI is InChI=1S/C33H36N8O/c1-32(2)20-36-28-24(19-35-18-22-8-5-4-6-9-22)14-27(39-29(28)32)30(42)38-26-11-7-10-25(15-26)33(16-23(17-33)12-13-34)31-40-37-21-41(31)3/h4-11,14-15,21,23,35-36H,12,16-20H2,1-3H3,(H,38,42). The fourth-order valence-electron chi connectivity index (χ4n) is 6.42. The van der Waals surface area contributed by atoms with E-state index in [1.807, 2.05) is 54.1 Å². The highest BCUT2D eigenvalue weighted by Crippen LogP contribution is 2.53. The van der Waals surface area contributed by atoms with Crippen molar-refractivity contribution in [1.82, 2.24) is 25.1 Å². The minimum atomic E-state index is -0.341. The Balaban J connectivity index is 1.25. The first-order valence-corrected chi connectivity index (χ1v) is 14.5. The van der Waals surface area contributed by atoms with Crippen molar-refractivity contribution in [3.05, 3.63) is 101 Å². The van der Waals surface area contributed by atoms with Gasteiger partial charge in [0.2, 0.25) is 0 Å². The van der Waals surface area contributed by atoms with Crippen LogP contribution in [-0.4, -0.2) is 32.2 Å². The van der Waals surface area contributed by atoms with E-state index >= 15 is 0 Å². The number of fused-ring (bicyclic) bond motifs is 1. The number of rotatable bonds is 9. The van der Waals surface area contributed by atoms with Crippen molar-refractivity contribution in [1.29, 1.82) is 5.26 Å². The number of nitrogens with zero attached hydrogens (tertiary/aromatic N) is 5. The van der Waals surface area contributed by atoms with Crippen LogP contribution in [0.3, 0.4) is 0 Å². The molecule has 1 aliphatic carbocycles. The van der Waals surface area contributed by atoms with Crippen LogP contribution in [0, 0.1) is 17.2 Å². The molecule has 214 valence electrons. The second-order valence-corrected chi connectivity index (χ2v) is 12.2. The van der Waals surface area contributed by atoms with Crippen molar-refractivity contribution in [3.63, 3.8) is 0 Å². The summed E-state index contributed by atoms with van der Waals surface area (Å²) in [5.74, 6) is 0.944. The first kappa shape index (κ1) is 27.6. The number of carbonyl (C=O) groups excluding carboxylic acids is 1. The molecule has 42 heavy (non-hydrogen) atoms. The van der Waals surface area contributed by atoms with Crippen molar-refractivity contribution >= 4 is 17.3 Å². The summed E-state index contributed by atoms with van der Waals surface area (Å²) in [5, 5.41) is 28.0. The normalized spacial score (nSPS) is 20.2. The zero-order valence-electron chi connectivity index (χ0n) is 24.3. The van der Waals surface area contributed by atoms with Crippen LogP contribution in [0.15, 0.2) is 67.0 Å². The van der Waals surface area contributed by atoms with E-state index in [2.05, 4.69) is 64.3 Å². The molecule has 0 unspecified atom stereocenters. The lowest BCUT2D eigenvalue weighted by molar-refractivity contribution is 0.102. The molecule has 0 atom stereocenters. The molecule has 0 radical (unpaired) electrons. The van der Waals surface area contributed by atoms with Gasteiger partial charge in [-0.1, -0.05) is 56.3 Å². The van der Waals surface area contributed by atoms with Crippen molar-refractivity contribution < 1.29 is 4.79 Å². The van der Waals surface area contributed by atoms with Crippen molar-refractivity contribution in [2.24, 2.45) is 13.0 Å². The number of pyridine rings is 1. The lowest BCUT2D eigenvalue weighted by Gasteiger charge is -2.46. The smallest absolute Gasteiger partial charge is 0.274 e. The number of carbonyl (C=O) groups is 1. The van der Waals surface area contributed by atoms with E-state index in [9.17, 15) is 10.1 Å². The third kappa shape index (κ3) is 5.14. The molecule has 1 amide bonds. The Kier molecular flexibility index (Phi) is 7.25. The first-order chi connectivity index (χ1) is 20.3. The van der Waals surface area contributed by atoms with E-state index < -0.39 is 0 Å². The highest BCUT2D eigenvalue weighted by molar-refractivity contribution is 6.03. The van der Waals surface area contributed by atoms with Crippen molar-refractivity contribution in [2.75, 3.05) is 17.2 Å². The van der Waals surface area contributed by atoms with Gasteiger partial charge in [-0.15, -0.1) is 10.2 Å². The summed E-state index contributed by atoms with van der Waals surface area (Å²) < 4.78 is 1.95. The van der Waals surface area contributed by atoms with Crippen LogP contribution < -0.4 is 16.0 Å². The zero-order chi connectivity index (χ0) is 29.3. The lowest BCUT2D eigenvalue weighted by atomic mass is 9.57. The Morgan fingerprint density at radius 2 is 1.93 bits per heavy atom. The highest BCUT2D eigenvalue weighted by atomic mass is 16.1. The number of benzene rings is 2. The van der Waals surface area contributed by atoms with Gasteiger partial charge in [0.25, 0.3) is 5.91 Å². The van der Waals surface area contributed by atoms with Gasteiger partial charge in [-0.25, -0.2) is 4.98 Å². The predicted octanol–water partition coefficient (Wildman–Crippen LogP) is 5.07. The zero-order valence-corrected chi connectivity index (χ0v) is 24.3. The third-order valence-corrected chi connectivity index (χ3v) is 8.64. The molecule has 6 rings (SSSR count). The largest absolute Gasteiger partial charge is 0.382 e. The van der Waals surface area contributed by atoms with Crippen LogP contribution in [0.5, 0.6) is 0 Å². The Morgan fingerprint density at radius 1 is 1.12 bits per heavy atom. The van der Waals surface area contributed by atoms with Gasteiger partial charge >= 0.3 is 0 Å². The topological polar surface area (TPSA) is 121 Å². The molecule has 4 aromatic rings. The maximum Gasteiger partial charge on any atom is 0.274 e. The van der Waals surface area contributed by atoms with Crippen LogP contribution in [-0.2, 0) is 31.0 Å². The number of hydrogen-bond donors (Lipinski definition) is 3. The molecular formula is C33H36N8O. The lowest BCUT2D eigenvalue weighted by Crippen LogP contribution is -2.44. The Hall–Kier alpha value is -4.55. The van der Waals surface area contributed by atoms with Gasteiger partial charge < -0.3 is 20.5 Å². The Morgan fingerprint density at radius 3 is 2.67 bits per heavy atom. The summed E-state index contributed by atoms with van der Waals surface area (Å²) in [5.41, 5.74) is 5.79. The Bertz CT molecular complexity index is 1650. The first-order valence-electron chi connectivity index (χ1n) is 14.5. The quantitative estimate of drug-likeness (QED) is 0.262. The second kappa shape index (κ2) is 11.0. The number of aryl methyl sites for hydroxylation is 1. The van der Waals surface area contributed by atoms with E-state index in [1.165, 1.54) is 5.56 Å². The fraction of sp³-hybridized carbons (Fsp3) is 0.364. The SMILES string of the molecule is Cn1cnnc1C1(c2cccc(NC(=O)c3cc(CNCc4ccccc4)c4c(n3)C(C)(C)CN4)c2)CC(CC#N)C1. The summed E-state index contributed by atoms with van der Waals surface area (Å²) in [7, 11) is 1.95. The van der Waals surface area contributed by atoms with E-state index in [1.54, 1.807) is 6.33 Å². The van der Waals surface area contributed by atoms with E-state index in [-0.39, 0.29) is 16.7 Å². The molecule has 0 spiro atoms. The molecule has 2 aromatic heterocycles. The molecule has 2 aromatic carbocycles. The molecular weight excluding hydrogens is 524 g/mol. The molecule has 2 aliphatic rings. The number of amides is 1. The molecule has 1 saturated carbocycles. The molecule has 3 N–H and O–H groups in total. The minimum Gasteiger partial charge on any atom is -0.382 e. The summed E-state index contributed by atoms with van der Waals surface area (Å²) in [4.78, 5) is 18.5. The average Bonchev–Trinajstić information content (AvgIpc) is 3.53. The summed E-state index contributed by atoms with van der Waals surface area (Å²) >= 11 is 0. The maximum atomic E-state index is 13.7. The van der Waals surface area contributed by atoms with Crippen molar-refractivity contribution in [3.8, 4) is 6.07 Å². The molecule has 1 aliphatic heterocycles. The van der Waals surface area contributed by atoms with Gasteiger partial charge in [0.1, 0.15) is 17.8 Å². The second-order valence-electron chi connectivity index (χ2n) is 12.2. The van der Waals surface area contributed by atoms with Gasteiger partial charge in [-0.2, -0.15) is 5.26 Å². The molecule has 0 saturated heterocycles. The maximum absolute atomic E-state index is 13.7. The monoisotopic (exact) mass is 560 g/mol. The average molecular weight is 561 g/mol. The minimum absolute atomic E-state index is 0.188. The Labute approximate surface area is 246 Å².